The highest BCUT2D eigenvalue weighted by atomic mass is 19.3. The van der Waals surface area contributed by atoms with Gasteiger partial charge in [-0.15, -0.1) is 5.10 Å². The third-order valence-electron chi connectivity index (χ3n) is 7.59. The molecule has 8 heteroatoms. The number of piperidine rings is 1. The largest absolute Gasteiger partial charge is 0.478 e. The number of hydrogen-bond acceptors (Lipinski definition) is 4. The number of carboxylic acid groups (broad SMARTS) is 1. The van der Waals surface area contributed by atoms with Gasteiger partial charge in [0.1, 0.15) is 5.69 Å². The Morgan fingerprint density at radius 2 is 1.75 bits per heavy atom. The highest BCUT2D eigenvalue weighted by Gasteiger charge is 2.80. The van der Waals surface area contributed by atoms with E-state index >= 15 is 0 Å². The molecular formula is C28H24F2N4O2. The van der Waals surface area contributed by atoms with Crippen LogP contribution in [0.1, 0.15) is 27.9 Å². The first kappa shape index (κ1) is 22.5. The van der Waals surface area contributed by atoms with Crippen LogP contribution in [0.25, 0.3) is 28.1 Å². The summed E-state index contributed by atoms with van der Waals surface area (Å²) < 4.78 is 30.9. The van der Waals surface area contributed by atoms with Gasteiger partial charge in [-0.3, -0.25) is 0 Å². The molecule has 2 unspecified atom stereocenters. The number of fused-ring (bicyclic) bond motifs is 1. The molecule has 1 aliphatic carbocycles. The van der Waals surface area contributed by atoms with Gasteiger partial charge in [0, 0.05) is 12.1 Å². The van der Waals surface area contributed by atoms with Crippen molar-refractivity contribution in [3.8, 4) is 28.1 Å². The maximum Gasteiger partial charge on any atom is 0.335 e. The molecule has 1 aromatic heterocycles. The standard InChI is InChI=1S/C28H24F2N4O2/c1-17-2-4-19(5-3-17)24-16-34(33-32-24)23-13-20(12-21(14-23)26(35)36)18-6-8-22(9-7-18)27-10-11-31-15-25(27)28(27,29)30/h2-9,12-14,16,25,31H,10-11,15H2,1H3,(H,35,36). The van der Waals surface area contributed by atoms with Crippen LogP contribution in [0.2, 0.25) is 0 Å². The maximum atomic E-state index is 14.7. The molecule has 0 spiro atoms. The van der Waals surface area contributed by atoms with Crippen LogP contribution in [0.4, 0.5) is 8.78 Å². The van der Waals surface area contributed by atoms with E-state index in [0.29, 0.717) is 42.0 Å². The number of nitrogens with zero attached hydrogens (tertiary/aromatic N) is 3. The lowest BCUT2D eigenvalue weighted by Gasteiger charge is -2.22. The maximum absolute atomic E-state index is 14.7. The summed E-state index contributed by atoms with van der Waals surface area (Å²) in [5.41, 5.74) is 4.30. The van der Waals surface area contributed by atoms with Crippen LogP contribution in [0.15, 0.2) is 72.9 Å². The number of alkyl halides is 2. The molecular weight excluding hydrogens is 462 g/mol. The number of aromatic carboxylic acids is 1. The molecule has 2 atom stereocenters. The predicted molar refractivity (Wildman–Crippen MR) is 132 cm³/mol. The number of benzene rings is 3. The number of nitrogens with one attached hydrogen (secondary N) is 1. The van der Waals surface area contributed by atoms with Gasteiger partial charge in [0.2, 0.25) is 0 Å². The number of aromatic nitrogens is 3. The lowest BCUT2D eigenvalue weighted by Crippen LogP contribution is -2.31. The Morgan fingerprint density at radius 1 is 1.03 bits per heavy atom. The number of halogens is 2. The summed E-state index contributed by atoms with van der Waals surface area (Å²) in [6.45, 7) is 2.90. The van der Waals surface area contributed by atoms with Crippen LogP contribution in [0.5, 0.6) is 0 Å². The van der Waals surface area contributed by atoms with Crippen molar-refractivity contribution in [2.75, 3.05) is 13.1 Å². The Bertz CT molecular complexity index is 1460. The Kier molecular flexibility index (Phi) is 5.05. The quantitative estimate of drug-likeness (QED) is 0.410. The summed E-state index contributed by atoms with van der Waals surface area (Å²) in [7, 11) is 0. The van der Waals surface area contributed by atoms with Crippen LogP contribution in [-0.2, 0) is 5.41 Å². The Hall–Kier alpha value is -3.91. The molecule has 36 heavy (non-hydrogen) atoms. The molecule has 6 nitrogen and oxygen atoms in total. The molecule has 4 aromatic rings. The summed E-state index contributed by atoms with van der Waals surface area (Å²) in [5, 5.41) is 21.2. The Balaban J connectivity index is 1.35. The molecule has 0 bridgehead atoms. The third kappa shape index (κ3) is 3.44. The predicted octanol–water partition coefficient (Wildman–Crippen LogP) is 5.10. The van der Waals surface area contributed by atoms with E-state index in [-0.39, 0.29) is 5.56 Å². The minimum atomic E-state index is -2.71. The zero-order chi connectivity index (χ0) is 25.1. The molecule has 0 radical (unpaired) electrons. The molecule has 1 aliphatic heterocycles. The number of aryl methyl sites for hydroxylation is 1. The van der Waals surface area contributed by atoms with Crippen LogP contribution in [-0.4, -0.2) is 45.1 Å². The summed E-state index contributed by atoms with van der Waals surface area (Å²) in [4.78, 5) is 11.9. The second-order valence-corrected chi connectivity index (χ2v) is 9.67. The molecule has 2 fully saturated rings. The number of hydrogen-bond donors (Lipinski definition) is 2. The van der Waals surface area contributed by atoms with Gasteiger partial charge in [-0.2, -0.15) is 0 Å². The zero-order valence-corrected chi connectivity index (χ0v) is 19.6. The van der Waals surface area contributed by atoms with Crippen molar-refractivity contribution in [1.82, 2.24) is 20.3 Å². The molecule has 1 saturated carbocycles. The summed E-state index contributed by atoms with van der Waals surface area (Å²) >= 11 is 0. The number of carbonyl (C=O) groups is 1. The molecule has 2 N–H and O–H groups in total. The van der Waals surface area contributed by atoms with E-state index in [9.17, 15) is 18.7 Å². The van der Waals surface area contributed by atoms with Crippen LogP contribution < -0.4 is 5.32 Å². The van der Waals surface area contributed by atoms with Crippen molar-refractivity contribution in [2.45, 2.75) is 24.7 Å². The van der Waals surface area contributed by atoms with Crippen molar-refractivity contribution >= 4 is 5.97 Å². The first-order valence-electron chi connectivity index (χ1n) is 11.9. The van der Waals surface area contributed by atoms with E-state index in [2.05, 4.69) is 15.6 Å². The van der Waals surface area contributed by atoms with Crippen molar-refractivity contribution in [1.29, 1.82) is 0 Å². The van der Waals surface area contributed by atoms with Gasteiger partial charge < -0.3 is 10.4 Å². The average molecular weight is 487 g/mol. The zero-order valence-electron chi connectivity index (χ0n) is 19.6. The van der Waals surface area contributed by atoms with Gasteiger partial charge in [0.25, 0.3) is 5.92 Å². The molecule has 3 aromatic carbocycles. The van der Waals surface area contributed by atoms with E-state index in [1.165, 1.54) is 6.07 Å². The topological polar surface area (TPSA) is 80.0 Å². The third-order valence-corrected chi connectivity index (χ3v) is 7.59. The van der Waals surface area contributed by atoms with Crippen LogP contribution >= 0.6 is 0 Å². The smallest absolute Gasteiger partial charge is 0.335 e. The molecule has 1 saturated heterocycles. The lowest BCUT2D eigenvalue weighted by molar-refractivity contribution is 0.0696. The molecule has 2 heterocycles. The molecule has 0 amide bonds. The molecule has 182 valence electrons. The first-order chi connectivity index (χ1) is 17.3. The number of carboxylic acids is 1. The summed E-state index contributed by atoms with van der Waals surface area (Å²) in [5.74, 6) is -4.46. The van der Waals surface area contributed by atoms with Gasteiger partial charge in [-0.05, 0) is 54.8 Å². The number of rotatable bonds is 5. The van der Waals surface area contributed by atoms with Gasteiger partial charge in [0.15, 0.2) is 0 Å². The fourth-order valence-corrected chi connectivity index (χ4v) is 5.49. The lowest BCUT2D eigenvalue weighted by atomic mass is 9.86. The van der Waals surface area contributed by atoms with Crippen LogP contribution in [0.3, 0.4) is 0 Å². The minimum Gasteiger partial charge on any atom is -0.478 e. The van der Waals surface area contributed by atoms with Crippen molar-refractivity contribution in [3.63, 3.8) is 0 Å². The van der Waals surface area contributed by atoms with Gasteiger partial charge in [-0.25, -0.2) is 18.3 Å². The molecule has 2 aliphatic rings. The fourth-order valence-electron chi connectivity index (χ4n) is 5.49. The second kappa shape index (κ2) is 8.06. The van der Waals surface area contributed by atoms with Gasteiger partial charge in [-0.1, -0.05) is 59.3 Å². The Labute approximate surface area is 206 Å². The monoisotopic (exact) mass is 486 g/mol. The van der Waals surface area contributed by atoms with Crippen molar-refractivity contribution in [3.05, 3.63) is 89.6 Å². The fraction of sp³-hybridized carbons (Fsp3) is 0.250. The highest BCUT2D eigenvalue weighted by Crippen LogP contribution is 2.69. The second-order valence-electron chi connectivity index (χ2n) is 9.67. The Morgan fingerprint density at radius 3 is 2.44 bits per heavy atom. The van der Waals surface area contributed by atoms with E-state index in [1.807, 2.05) is 37.3 Å². The normalized spacial score (nSPS) is 22.1. The van der Waals surface area contributed by atoms with E-state index in [4.69, 9.17) is 0 Å². The van der Waals surface area contributed by atoms with Crippen molar-refractivity contribution < 1.29 is 18.7 Å². The highest BCUT2D eigenvalue weighted by molar-refractivity contribution is 5.90. The van der Waals surface area contributed by atoms with Gasteiger partial charge in [0.05, 0.1) is 28.8 Å². The molecule has 6 rings (SSSR count). The van der Waals surface area contributed by atoms with E-state index < -0.39 is 23.2 Å². The SMILES string of the molecule is Cc1ccc(-c2cn(-c3cc(C(=O)O)cc(-c4ccc(C56CCNCC5C6(F)F)cc4)c3)nn2)cc1. The van der Waals surface area contributed by atoms with E-state index in [1.54, 1.807) is 41.2 Å². The summed E-state index contributed by atoms with van der Waals surface area (Å²) in [6, 6.07) is 19.9. The first-order valence-corrected chi connectivity index (χ1v) is 11.9. The average Bonchev–Trinajstić information content (AvgIpc) is 3.18. The van der Waals surface area contributed by atoms with Crippen LogP contribution in [0, 0.1) is 12.8 Å². The summed E-state index contributed by atoms with van der Waals surface area (Å²) in [6.07, 6.45) is 2.16. The van der Waals surface area contributed by atoms with E-state index in [0.717, 1.165) is 16.7 Å². The minimum absolute atomic E-state index is 0.102. The van der Waals surface area contributed by atoms with Crippen molar-refractivity contribution in [2.24, 2.45) is 5.92 Å². The van der Waals surface area contributed by atoms with Gasteiger partial charge >= 0.3 is 5.97 Å².